The number of hydrogen-bond acceptors (Lipinski definition) is 6. The lowest BCUT2D eigenvalue weighted by Crippen LogP contribution is -2.41. The summed E-state index contributed by atoms with van der Waals surface area (Å²) in [5.74, 6) is 2.73. The molecule has 0 unspecified atom stereocenters. The van der Waals surface area contributed by atoms with E-state index in [0.717, 1.165) is 62.1 Å². The summed E-state index contributed by atoms with van der Waals surface area (Å²) in [5, 5.41) is 9.92. The highest BCUT2D eigenvalue weighted by Crippen LogP contribution is 2.44. The van der Waals surface area contributed by atoms with Gasteiger partial charge in [-0.1, -0.05) is 0 Å². The first-order valence-electron chi connectivity index (χ1n) is 8.11. The maximum Gasteiger partial charge on any atom is 0.231 e. The van der Waals surface area contributed by atoms with Gasteiger partial charge in [0, 0.05) is 49.2 Å². The number of methoxy groups -OCH3 is 1. The van der Waals surface area contributed by atoms with Gasteiger partial charge in [0.2, 0.25) is 6.79 Å². The van der Waals surface area contributed by atoms with Crippen molar-refractivity contribution in [1.29, 1.82) is 0 Å². The minimum absolute atomic E-state index is 0.0121. The van der Waals surface area contributed by atoms with Crippen molar-refractivity contribution in [3.05, 3.63) is 17.7 Å². The summed E-state index contributed by atoms with van der Waals surface area (Å²) in [6.07, 6.45) is 0.933. The molecule has 3 aliphatic rings. The van der Waals surface area contributed by atoms with Crippen molar-refractivity contribution in [1.82, 2.24) is 4.90 Å². The van der Waals surface area contributed by atoms with Crippen LogP contribution < -0.4 is 14.2 Å². The summed E-state index contributed by atoms with van der Waals surface area (Å²) in [6, 6.07) is 3.90. The molecule has 2 fully saturated rings. The van der Waals surface area contributed by atoms with Crippen LogP contribution in [0.2, 0.25) is 0 Å². The van der Waals surface area contributed by atoms with Crippen molar-refractivity contribution in [2.75, 3.05) is 46.8 Å². The molecule has 3 aliphatic heterocycles. The Labute approximate surface area is 135 Å². The molecule has 3 heterocycles. The molecule has 1 aromatic rings. The predicted molar refractivity (Wildman–Crippen MR) is 82.8 cm³/mol. The first-order valence-corrected chi connectivity index (χ1v) is 8.11. The highest BCUT2D eigenvalue weighted by atomic mass is 16.7. The van der Waals surface area contributed by atoms with Crippen molar-refractivity contribution < 1.29 is 24.1 Å². The minimum atomic E-state index is -0.0121. The lowest BCUT2D eigenvalue weighted by Gasteiger charge is -2.36. The van der Waals surface area contributed by atoms with Crippen LogP contribution in [0.4, 0.5) is 0 Å². The third-order valence-electron chi connectivity index (χ3n) is 5.43. The molecule has 4 rings (SSSR count). The maximum atomic E-state index is 9.92. The van der Waals surface area contributed by atoms with Crippen LogP contribution in [0, 0.1) is 11.3 Å². The van der Waals surface area contributed by atoms with E-state index < -0.39 is 0 Å². The standard InChI is InChI=1S/C17H23NO5/c1-20-14-5-16-15(22-11-23-16)4-12(14)6-18-7-13-8-21-3-2-17(13,9-18)10-19/h4-5,13,19H,2-3,6-11H2,1H3/t13-,17-/m1/s1. The third kappa shape index (κ3) is 2.55. The summed E-state index contributed by atoms with van der Waals surface area (Å²) >= 11 is 0. The van der Waals surface area contributed by atoms with Crippen LogP contribution in [0.5, 0.6) is 17.2 Å². The van der Waals surface area contributed by atoms with E-state index in [0.29, 0.717) is 5.92 Å². The molecule has 23 heavy (non-hydrogen) atoms. The molecule has 0 amide bonds. The zero-order valence-electron chi connectivity index (χ0n) is 13.4. The Bertz CT molecular complexity index is 593. The minimum Gasteiger partial charge on any atom is -0.496 e. The number of aliphatic hydroxyl groups excluding tert-OH is 1. The van der Waals surface area contributed by atoms with Gasteiger partial charge < -0.3 is 24.1 Å². The quantitative estimate of drug-likeness (QED) is 0.901. The predicted octanol–water partition coefficient (Wildman–Crippen LogP) is 1.25. The number of fused-ring (bicyclic) bond motifs is 2. The lowest BCUT2D eigenvalue weighted by molar-refractivity contribution is -0.0417. The second-order valence-electron chi connectivity index (χ2n) is 6.73. The topological polar surface area (TPSA) is 60.4 Å². The van der Waals surface area contributed by atoms with E-state index in [4.69, 9.17) is 18.9 Å². The molecule has 0 spiro atoms. The van der Waals surface area contributed by atoms with E-state index in [9.17, 15) is 5.11 Å². The Morgan fingerprint density at radius 2 is 2.17 bits per heavy atom. The first kappa shape index (κ1) is 15.1. The van der Waals surface area contributed by atoms with Gasteiger partial charge in [0.05, 0.1) is 20.3 Å². The molecule has 0 aliphatic carbocycles. The fourth-order valence-electron chi connectivity index (χ4n) is 4.06. The molecule has 0 radical (unpaired) electrons. The zero-order chi connectivity index (χ0) is 15.9. The molecule has 6 nitrogen and oxygen atoms in total. The average molecular weight is 321 g/mol. The number of aliphatic hydroxyl groups is 1. The van der Waals surface area contributed by atoms with Crippen molar-refractivity contribution >= 4 is 0 Å². The van der Waals surface area contributed by atoms with Crippen LogP contribution in [0.1, 0.15) is 12.0 Å². The Hall–Kier alpha value is -1.50. The Morgan fingerprint density at radius 1 is 1.35 bits per heavy atom. The molecular weight excluding hydrogens is 298 g/mol. The number of likely N-dealkylation sites (tertiary alicyclic amines) is 1. The van der Waals surface area contributed by atoms with Gasteiger partial charge in [0.15, 0.2) is 11.5 Å². The monoisotopic (exact) mass is 321 g/mol. The largest absolute Gasteiger partial charge is 0.496 e. The fraction of sp³-hybridized carbons (Fsp3) is 0.647. The fourth-order valence-corrected chi connectivity index (χ4v) is 4.06. The SMILES string of the molecule is COc1cc2c(cc1CN1C[C@@H]3COCC[C@]3(CO)C1)OCO2. The lowest BCUT2D eigenvalue weighted by atomic mass is 9.75. The molecule has 2 atom stereocenters. The molecule has 0 aromatic heterocycles. The molecule has 0 bridgehead atoms. The molecule has 126 valence electrons. The Balaban J connectivity index is 1.55. The maximum absolute atomic E-state index is 9.92. The molecule has 2 saturated heterocycles. The second-order valence-corrected chi connectivity index (χ2v) is 6.73. The summed E-state index contributed by atoms with van der Waals surface area (Å²) in [4.78, 5) is 2.38. The van der Waals surface area contributed by atoms with Gasteiger partial charge in [-0.25, -0.2) is 0 Å². The highest BCUT2D eigenvalue weighted by molar-refractivity contribution is 5.51. The van der Waals surface area contributed by atoms with Gasteiger partial charge in [-0.15, -0.1) is 0 Å². The number of ether oxygens (including phenoxy) is 4. The van der Waals surface area contributed by atoms with E-state index in [1.54, 1.807) is 7.11 Å². The average Bonchev–Trinajstić information content (AvgIpc) is 3.17. The van der Waals surface area contributed by atoms with E-state index in [-0.39, 0.29) is 18.8 Å². The number of nitrogens with zero attached hydrogens (tertiary/aromatic N) is 1. The van der Waals surface area contributed by atoms with Crippen LogP contribution in [0.25, 0.3) is 0 Å². The van der Waals surface area contributed by atoms with E-state index in [1.807, 2.05) is 12.1 Å². The molecule has 6 heteroatoms. The Morgan fingerprint density at radius 3 is 2.91 bits per heavy atom. The summed E-state index contributed by atoms with van der Waals surface area (Å²) in [6.45, 7) is 4.60. The van der Waals surface area contributed by atoms with Gasteiger partial charge in [-0.2, -0.15) is 0 Å². The second kappa shape index (κ2) is 5.85. The van der Waals surface area contributed by atoms with Crippen LogP contribution in [0.3, 0.4) is 0 Å². The smallest absolute Gasteiger partial charge is 0.231 e. The van der Waals surface area contributed by atoms with E-state index in [1.165, 1.54) is 0 Å². The summed E-state index contributed by atoms with van der Waals surface area (Å²) in [5.41, 5.74) is 1.08. The van der Waals surface area contributed by atoms with Gasteiger partial charge >= 0.3 is 0 Å². The third-order valence-corrected chi connectivity index (χ3v) is 5.43. The molecule has 1 N–H and O–H groups in total. The first-order chi connectivity index (χ1) is 11.2. The van der Waals surface area contributed by atoms with Crippen LogP contribution in [-0.2, 0) is 11.3 Å². The van der Waals surface area contributed by atoms with Gasteiger partial charge in [-0.05, 0) is 12.5 Å². The number of rotatable bonds is 4. The van der Waals surface area contributed by atoms with Crippen molar-refractivity contribution in [3.8, 4) is 17.2 Å². The normalized spacial score (nSPS) is 29.6. The van der Waals surface area contributed by atoms with E-state index in [2.05, 4.69) is 4.90 Å². The highest BCUT2D eigenvalue weighted by Gasteiger charge is 2.47. The van der Waals surface area contributed by atoms with Crippen LogP contribution in [-0.4, -0.2) is 56.8 Å². The molecular formula is C17H23NO5. The van der Waals surface area contributed by atoms with Gasteiger partial charge in [-0.3, -0.25) is 4.90 Å². The van der Waals surface area contributed by atoms with E-state index >= 15 is 0 Å². The molecule has 1 aromatic carbocycles. The number of hydrogen-bond donors (Lipinski definition) is 1. The van der Waals surface area contributed by atoms with Gasteiger partial charge in [0.1, 0.15) is 5.75 Å². The van der Waals surface area contributed by atoms with Crippen LogP contribution >= 0.6 is 0 Å². The van der Waals surface area contributed by atoms with Crippen LogP contribution in [0.15, 0.2) is 12.1 Å². The summed E-state index contributed by atoms with van der Waals surface area (Å²) in [7, 11) is 1.67. The summed E-state index contributed by atoms with van der Waals surface area (Å²) < 4.78 is 22.0. The zero-order valence-corrected chi connectivity index (χ0v) is 13.4. The van der Waals surface area contributed by atoms with Crippen molar-refractivity contribution in [3.63, 3.8) is 0 Å². The van der Waals surface area contributed by atoms with Crippen molar-refractivity contribution in [2.24, 2.45) is 11.3 Å². The number of benzene rings is 1. The Kier molecular flexibility index (Phi) is 3.83. The van der Waals surface area contributed by atoms with Gasteiger partial charge in [0.25, 0.3) is 0 Å². The molecule has 0 saturated carbocycles. The van der Waals surface area contributed by atoms with Crippen molar-refractivity contribution in [2.45, 2.75) is 13.0 Å².